The van der Waals surface area contributed by atoms with Crippen LogP contribution in [0.2, 0.25) is 0 Å². The van der Waals surface area contributed by atoms with Crippen molar-refractivity contribution in [2.24, 2.45) is 23.7 Å². The molecular formula is C13H24O. The zero-order chi connectivity index (χ0) is 9.97. The zero-order valence-corrected chi connectivity index (χ0v) is 9.67. The number of fused-ring (bicyclic) bond motifs is 2. The maximum Gasteiger partial charge on any atom is 0.0499 e. The van der Waals surface area contributed by atoms with Gasteiger partial charge in [-0.1, -0.05) is 26.2 Å². The summed E-state index contributed by atoms with van der Waals surface area (Å²) >= 11 is 0. The number of hydrogen-bond donors (Lipinski definition) is 0. The van der Waals surface area contributed by atoms with Crippen molar-refractivity contribution in [2.45, 2.75) is 46.0 Å². The predicted octanol–water partition coefficient (Wildman–Crippen LogP) is 3.49. The van der Waals surface area contributed by atoms with Crippen LogP contribution in [0.25, 0.3) is 0 Å². The van der Waals surface area contributed by atoms with E-state index >= 15 is 0 Å². The molecule has 2 aliphatic rings. The highest BCUT2D eigenvalue weighted by Gasteiger charge is 2.37. The Balaban J connectivity index is 1.92. The Morgan fingerprint density at radius 3 is 2.86 bits per heavy atom. The van der Waals surface area contributed by atoms with Gasteiger partial charge in [0, 0.05) is 13.2 Å². The minimum absolute atomic E-state index is 0.867. The molecule has 2 aliphatic carbocycles. The Morgan fingerprint density at radius 2 is 2.07 bits per heavy atom. The van der Waals surface area contributed by atoms with Crippen LogP contribution < -0.4 is 0 Å². The van der Waals surface area contributed by atoms with Gasteiger partial charge in [0.2, 0.25) is 0 Å². The first-order chi connectivity index (χ1) is 6.81. The van der Waals surface area contributed by atoms with Crippen LogP contribution in [0.15, 0.2) is 0 Å². The fourth-order valence-electron chi connectivity index (χ4n) is 3.65. The molecule has 82 valence electrons. The summed E-state index contributed by atoms with van der Waals surface area (Å²) in [6.07, 6.45) is 7.42. The van der Waals surface area contributed by atoms with Gasteiger partial charge >= 0.3 is 0 Å². The van der Waals surface area contributed by atoms with Crippen molar-refractivity contribution in [1.29, 1.82) is 0 Å². The molecule has 4 unspecified atom stereocenters. The van der Waals surface area contributed by atoms with Crippen LogP contribution in [-0.2, 0) is 4.74 Å². The summed E-state index contributed by atoms with van der Waals surface area (Å²) in [6.45, 7) is 6.46. The maximum atomic E-state index is 5.63. The van der Waals surface area contributed by atoms with Gasteiger partial charge in [0.1, 0.15) is 0 Å². The molecule has 0 N–H and O–H groups in total. The van der Waals surface area contributed by atoms with E-state index in [1.54, 1.807) is 0 Å². The number of hydrogen-bond acceptors (Lipinski definition) is 1. The van der Waals surface area contributed by atoms with Gasteiger partial charge < -0.3 is 4.74 Å². The second-order valence-corrected chi connectivity index (χ2v) is 5.33. The summed E-state index contributed by atoms with van der Waals surface area (Å²) in [5, 5.41) is 0. The van der Waals surface area contributed by atoms with Gasteiger partial charge in [-0.3, -0.25) is 0 Å². The van der Waals surface area contributed by atoms with Crippen molar-refractivity contribution in [1.82, 2.24) is 0 Å². The largest absolute Gasteiger partial charge is 0.381 e. The molecule has 2 bridgehead atoms. The molecular weight excluding hydrogens is 172 g/mol. The summed E-state index contributed by atoms with van der Waals surface area (Å²) in [5.41, 5.74) is 0. The highest BCUT2D eigenvalue weighted by atomic mass is 16.5. The highest BCUT2D eigenvalue weighted by molar-refractivity contribution is 4.87. The average molecular weight is 196 g/mol. The molecule has 14 heavy (non-hydrogen) atoms. The van der Waals surface area contributed by atoms with E-state index in [-0.39, 0.29) is 0 Å². The quantitative estimate of drug-likeness (QED) is 0.671. The lowest BCUT2D eigenvalue weighted by Crippen LogP contribution is -2.37. The molecule has 2 rings (SSSR count). The van der Waals surface area contributed by atoms with Crippen LogP contribution in [0.3, 0.4) is 0 Å². The van der Waals surface area contributed by atoms with E-state index in [1.807, 2.05) is 0 Å². The van der Waals surface area contributed by atoms with E-state index in [0.29, 0.717) is 0 Å². The van der Waals surface area contributed by atoms with Crippen molar-refractivity contribution in [3.8, 4) is 0 Å². The third kappa shape index (κ3) is 2.13. The summed E-state index contributed by atoms with van der Waals surface area (Å²) < 4.78 is 5.63. The van der Waals surface area contributed by atoms with Gasteiger partial charge in [-0.15, -0.1) is 0 Å². The van der Waals surface area contributed by atoms with Gasteiger partial charge in [-0.05, 0) is 43.4 Å². The SMILES string of the molecule is CCOCC1C(C)CC2CCCC1C2. The molecule has 0 aromatic heterocycles. The normalized spacial score (nSPS) is 42.4. The summed E-state index contributed by atoms with van der Waals surface area (Å²) in [7, 11) is 0. The van der Waals surface area contributed by atoms with E-state index in [9.17, 15) is 0 Å². The lowest BCUT2D eigenvalue weighted by Gasteiger charge is -2.44. The molecule has 0 aromatic carbocycles. The molecule has 0 heterocycles. The Morgan fingerprint density at radius 1 is 1.21 bits per heavy atom. The minimum Gasteiger partial charge on any atom is -0.381 e. The van der Waals surface area contributed by atoms with Gasteiger partial charge in [0.15, 0.2) is 0 Å². The molecule has 2 saturated carbocycles. The van der Waals surface area contributed by atoms with Crippen LogP contribution in [0.4, 0.5) is 0 Å². The van der Waals surface area contributed by atoms with Gasteiger partial charge in [-0.25, -0.2) is 0 Å². The molecule has 1 heteroatoms. The molecule has 0 saturated heterocycles. The van der Waals surface area contributed by atoms with Gasteiger partial charge in [0.25, 0.3) is 0 Å². The molecule has 0 aliphatic heterocycles. The van der Waals surface area contributed by atoms with Crippen molar-refractivity contribution in [3.63, 3.8) is 0 Å². The first-order valence-electron chi connectivity index (χ1n) is 6.39. The molecule has 4 atom stereocenters. The molecule has 1 nitrogen and oxygen atoms in total. The minimum atomic E-state index is 0.867. The predicted molar refractivity (Wildman–Crippen MR) is 59.2 cm³/mol. The average Bonchev–Trinajstić information content (AvgIpc) is 2.17. The lowest BCUT2D eigenvalue weighted by molar-refractivity contribution is 0.00187. The van der Waals surface area contributed by atoms with E-state index in [4.69, 9.17) is 4.74 Å². The van der Waals surface area contributed by atoms with Crippen molar-refractivity contribution in [3.05, 3.63) is 0 Å². The van der Waals surface area contributed by atoms with E-state index in [0.717, 1.165) is 36.9 Å². The van der Waals surface area contributed by atoms with E-state index in [1.165, 1.54) is 32.1 Å². The first kappa shape index (κ1) is 10.5. The third-order valence-electron chi connectivity index (χ3n) is 4.38. The Bertz CT molecular complexity index is 176. The molecule has 2 fully saturated rings. The van der Waals surface area contributed by atoms with Crippen LogP contribution in [0.1, 0.15) is 46.0 Å². The van der Waals surface area contributed by atoms with Crippen LogP contribution in [-0.4, -0.2) is 13.2 Å². The molecule has 0 aromatic rings. The summed E-state index contributed by atoms with van der Waals surface area (Å²) in [6, 6.07) is 0. The maximum absolute atomic E-state index is 5.63. The number of ether oxygens (including phenoxy) is 1. The smallest absolute Gasteiger partial charge is 0.0499 e. The zero-order valence-electron chi connectivity index (χ0n) is 9.67. The lowest BCUT2D eigenvalue weighted by atomic mass is 9.63. The Labute approximate surface area is 88.2 Å². The Kier molecular flexibility index (Phi) is 3.48. The van der Waals surface area contributed by atoms with Gasteiger partial charge in [-0.2, -0.15) is 0 Å². The van der Waals surface area contributed by atoms with E-state index < -0.39 is 0 Å². The summed E-state index contributed by atoms with van der Waals surface area (Å²) in [5.74, 6) is 3.82. The Hall–Kier alpha value is -0.0400. The summed E-state index contributed by atoms with van der Waals surface area (Å²) in [4.78, 5) is 0. The standard InChI is InChI=1S/C13H24O/c1-3-14-9-13-10(2)7-11-5-4-6-12(13)8-11/h10-13H,3-9H2,1-2H3. The highest BCUT2D eigenvalue weighted by Crippen LogP contribution is 2.45. The van der Waals surface area contributed by atoms with Crippen LogP contribution >= 0.6 is 0 Å². The second-order valence-electron chi connectivity index (χ2n) is 5.33. The number of rotatable bonds is 3. The third-order valence-corrected chi connectivity index (χ3v) is 4.38. The van der Waals surface area contributed by atoms with Crippen LogP contribution in [0.5, 0.6) is 0 Å². The van der Waals surface area contributed by atoms with Crippen molar-refractivity contribution in [2.75, 3.05) is 13.2 Å². The van der Waals surface area contributed by atoms with E-state index in [2.05, 4.69) is 13.8 Å². The van der Waals surface area contributed by atoms with Crippen molar-refractivity contribution >= 4 is 0 Å². The van der Waals surface area contributed by atoms with Gasteiger partial charge in [0.05, 0.1) is 0 Å². The fourth-order valence-corrected chi connectivity index (χ4v) is 3.65. The second kappa shape index (κ2) is 4.65. The topological polar surface area (TPSA) is 9.23 Å². The molecule has 0 spiro atoms. The monoisotopic (exact) mass is 196 g/mol. The van der Waals surface area contributed by atoms with Crippen LogP contribution in [0, 0.1) is 23.7 Å². The first-order valence-corrected chi connectivity index (χ1v) is 6.39. The van der Waals surface area contributed by atoms with Crippen molar-refractivity contribution < 1.29 is 4.74 Å². The fraction of sp³-hybridized carbons (Fsp3) is 1.00. The molecule has 0 radical (unpaired) electrons. The molecule has 0 amide bonds.